The fourth-order valence-electron chi connectivity index (χ4n) is 2.84. The summed E-state index contributed by atoms with van der Waals surface area (Å²) < 4.78 is 5.42. The lowest BCUT2D eigenvalue weighted by Gasteiger charge is -2.42. The lowest BCUT2D eigenvalue weighted by molar-refractivity contribution is -0.0399. The van der Waals surface area contributed by atoms with Crippen LogP contribution in [-0.2, 0) is 4.74 Å². The Hall–Kier alpha value is -0.120. The topological polar surface area (TPSA) is 15.7 Å². The highest BCUT2D eigenvalue weighted by Crippen LogP contribution is 2.18. The molecule has 2 aliphatic heterocycles. The molecule has 1 unspecified atom stereocenters. The summed E-state index contributed by atoms with van der Waals surface area (Å²) in [5.41, 5.74) is 0. The summed E-state index contributed by atoms with van der Waals surface area (Å²) in [7, 11) is 0. The van der Waals surface area contributed by atoms with Gasteiger partial charge in [-0.1, -0.05) is 13.3 Å². The smallest absolute Gasteiger partial charge is 0.0621 e. The lowest BCUT2D eigenvalue weighted by atomic mass is 10.1. The lowest BCUT2D eigenvalue weighted by Crippen LogP contribution is -2.53. The average molecular weight is 212 g/mol. The van der Waals surface area contributed by atoms with Crippen LogP contribution in [0.1, 0.15) is 32.6 Å². The summed E-state index contributed by atoms with van der Waals surface area (Å²) in [6.45, 7) is 9.00. The van der Waals surface area contributed by atoms with Crippen molar-refractivity contribution in [3.05, 3.63) is 0 Å². The highest BCUT2D eigenvalue weighted by Gasteiger charge is 2.25. The zero-order valence-corrected chi connectivity index (χ0v) is 9.95. The first-order valence-corrected chi connectivity index (χ1v) is 6.47. The SMILES string of the molecule is CCC(N1CCCCC1)N1CCOCC1. The molecule has 1 atom stereocenters. The predicted molar refractivity (Wildman–Crippen MR) is 61.9 cm³/mol. The van der Waals surface area contributed by atoms with Crippen LogP contribution in [0.4, 0.5) is 0 Å². The molecule has 0 aromatic carbocycles. The molecule has 3 nitrogen and oxygen atoms in total. The van der Waals surface area contributed by atoms with Crippen molar-refractivity contribution < 1.29 is 4.74 Å². The molecule has 0 aromatic heterocycles. The molecule has 0 N–H and O–H groups in total. The van der Waals surface area contributed by atoms with E-state index in [1.165, 1.54) is 38.8 Å². The van der Waals surface area contributed by atoms with Crippen LogP contribution in [0.3, 0.4) is 0 Å². The first-order chi connectivity index (χ1) is 7.42. The van der Waals surface area contributed by atoms with E-state index in [4.69, 9.17) is 4.74 Å². The van der Waals surface area contributed by atoms with E-state index in [2.05, 4.69) is 16.7 Å². The highest BCUT2D eigenvalue weighted by molar-refractivity contribution is 4.76. The van der Waals surface area contributed by atoms with Crippen LogP contribution in [0.15, 0.2) is 0 Å². The van der Waals surface area contributed by atoms with Gasteiger partial charge < -0.3 is 4.74 Å². The van der Waals surface area contributed by atoms with Crippen molar-refractivity contribution in [1.29, 1.82) is 0 Å². The summed E-state index contributed by atoms with van der Waals surface area (Å²) in [4.78, 5) is 5.28. The first-order valence-electron chi connectivity index (χ1n) is 6.47. The highest BCUT2D eigenvalue weighted by atomic mass is 16.5. The van der Waals surface area contributed by atoms with Crippen LogP contribution in [0.25, 0.3) is 0 Å². The number of piperidine rings is 1. The maximum absolute atomic E-state index is 5.42. The average Bonchev–Trinajstić information content (AvgIpc) is 2.33. The monoisotopic (exact) mass is 212 g/mol. The van der Waals surface area contributed by atoms with Crippen LogP contribution in [-0.4, -0.2) is 55.4 Å². The molecular weight excluding hydrogens is 188 g/mol. The fraction of sp³-hybridized carbons (Fsp3) is 1.00. The van der Waals surface area contributed by atoms with E-state index in [-0.39, 0.29) is 0 Å². The van der Waals surface area contributed by atoms with Gasteiger partial charge in [-0.05, 0) is 32.4 Å². The number of likely N-dealkylation sites (tertiary alicyclic amines) is 1. The molecule has 3 heteroatoms. The van der Waals surface area contributed by atoms with Crippen molar-refractivity contribution >= 4 is 0 Å². The number of hydrogen-bond acceptors (Lipinski definition) is 3. The van der Waals surface area contributed by atoms with E-state index >= 15 is 0 Å². The molecule has 0 saturated carbocycles. The summed E-state index contributed by atoms with van der Waals surface area (Å²) >= 11 is 0. The molecule has 2 rings (SSSR count). The Morgan fingerprint density at radius 3 is 2.13 bits per heavy atom. The fourth-order valence-corrected chi connectivity index (χ4v) is 2.84. The predicted octanol–water partition coefficient (Wildman–Crippen LogP) is 1.54. The Balaban J connectivity index is 1.88. The third-order valence-corrected chi connectivity index (χ3v) is 3.64. The second kappa shape index (κ2) is 5.83. The van der Waals surface area contributed by atoms with Gasteiger partial charge in [-0.25, -0.2) is 0 Å². The Labute approximate surface area is 93.4 Å². The van der Waals surface area contributed by atoms with Gasteiger partial charge in [0.15, 0.2) is 0 Å². The van der Waals surface area contributed by atoms with Crippen molar-refractivity contribution in [1.82, 2.24) is 9.80 Å². The molecular formula is C12H24N2O. The third-order valence-electron chi connectivity index (χ3n) is 3.64. The van der Waals surface area contributed by atoms with E-state index in [9.17, 15) is 0 Å². The molecule has 0 bridgehead atoms. The molecule has 2 fully saturated rings. The minimum Gasteiger partial charge on any atom is -0.379 e. The van der Waals surface area contributed by atoms with E-state index in [0.29, 0.717) is 6.17 Å². The maximum Gasteiger partial charge on any atom is 0.0621 e. The van der Waals surface area contributed by atoms with Crippen molar-refractivity contribution in [2.45, 2.75) is 38.8 Å². The van der Waals surface area contributed by atoms with Crippen LogP contribution in [0.2, 0.25) is 0 Å². The molecule has 0 amide bonds. The van der Waals surface area contributed by atoms with Gasteiger partial charge >= 0.3 is 0 Å². The molecule has 2 saturated heterocycles. The largest absolute Gasteiger partial charge is 0.379 e. The number of morpholine rings is 1. The van der Waals surface area contributed by atoms with Gasteiger partial charge in [0, 0.05) is 13.1 Å². The molecule has 0 aromatic rings. The van der Waals surface area contributed by atoms with Crippen molar-refractivity contribution in [2.75, 3.05) is 39.4 Å². The maximum atomic E-state index is 5.42. The number of nitrogens with zero attached hydrogens (tertiary/aromatic N) is 2. The standard InChI is InChI=1S/C12H24N2O/c1-2-12(13-6-4-3-5-7-13)14-8-10-15-11-9-14/h12H,2-11H2,1H3. The molecule has 88 valence electrons. The Morgan fingerprint density at radius 1 is 0.933 bits per heavy atom. The van der Waals surface area contributed by atoms with Gasteiger partial charge in [-0.15, -0.1) is 0 Å². The molecule has 2 aliphatic rings. The Morgan fingerprint density at radius 2 is 1.53 bits per heavy atom. The molecule has 0 spiro atoms. The van der Waals surface area contributed by atoms with Crippen LogP contribution in [0, 0.1) is 0 Å². The zero-order valence-electron chi connectivity index (χ0n) is 9.95. The summed E-state index contributed by atoms with van der Waals surface area (Å²) in [6, 6.07) is 0. The van der Waals surface area contributed by atoms with Gasteiger partial charge in [0.1, 0.15) is 0 Å². The van der Waals surface area contributed by atoms with Gasteiger partial charge in [0.05, 0.1) is 19.4 Å². The number of hydrogen-bond donors (Lipinski definition) is 0. The van der Waals surface area contributed by atoms with E-state index in [1.807, 2.05) is 0 Å². The number of ether oxygens (including phenoxy) is 1. The summed E-state index contributed by atoms with van der Waals surface area (Å²) in [6.07, 6.45) is 6.13. The summed E-state index contributed by atoms with van der Waals surface area (Å²) in [5.74, 6) is 0. The zero-order chi connectivity index (χ0) is 10.5. The van der Waals surface area contributed by atoms with Crippen LogP contribution in [0.5, 0.6) is 0 Å². The third kappa shape index (κ3) is 2.92. The van der Waals surface area contributed by atoms with Gasteiger partial charge in [0.25, 0.3) is 0 Å². The van der Waals surface area contributed by atoms with Gasteiger partial charge in [-0.3, -0.25) is 9.80 Å². The summed E-state index contributed by atoms with van der Waals surface area (Å²) in [5, 5.41) is 0. The Bertz CT molecular complexity index is 156. The second-order valence-electron chi connectivity index (χ2n) is 4.63. The van der Waals surface area contributed by atoms with E-state index < -0.39 is 0 Å². The molecule has 15 heavy (non-hydrogen) atoms. The van der Waals surface area contributed by atoms with Gasteiger partial charge in [0.2, 0.25) is 0 Å². The Kier molecular flexibility index (Phi) is 4.42. The molecule has 0 aliphatic carbocycles. The van der Waals surface area contributed by atoms with E-state index in [0.717, 1.165) is 26.3 Å². The quantitative estimate of drug-likeness (QED) is 0.706. The minimum atomic E-state index is 0.675. The molecule has 2 heterocycles. The van der Waals surface area contributed by atoms with Crippen molar-refractivity contribution in [3.8, 4) is 0 Å². The normalized spacial score (nSPS) is 27.8. The number of rotatable bonds is 3. The van der Waals surface area contributed by atoms with Gasteiger partial charge in [-0.2, -0.15) is 0 Å². The minimum absolute atomic E-state index is 0.675. The van der Waals surface area contributed by atoms with Crippen LogP contribution >= 0.6 is 0 Å². The first kappa shape index (κ1) is 11.4. The van der Waals surface area contributed by atoms with Crippen molar-refractivity contribution in [2.24, 2.45) is 0 Å². The van der Waals surface area contributed by atoms with Crippen LogP contribution < -0.4 is 0 Å². The van der Waals surface area contributed by atoms with Crippen molar-refractivity contribution in [3.63, 3.8) is 0 Å². The second-order valence-corrected chi connectivity index (χ2v) is 4.63. The van der Waals surface area contributed by atoms with E-state index in [1.54, 1.807) is 0 Å². The molecule has 0 radical (unpaired) electrons.